The lowest BCUT2D eigenvalue weighted by Crippen LogP contribution is -2.37. The molecule has 0 bridgehead atoms. The minimum absolute atomic E-state index is 0.0338. The molecule has 0 radical (unpaired) electrons. The van der Waals surface area contributed by atoms with Gasteiger partial charge in [0.1, 0.15) is 5.82 Å². The molecule has 0 aliphatic carbocycles. The fraction of sp³-hybridized carbons (Fsp3) is 0.625. The van der Waals surface area contributed by atoms with Gasteiger partial charge in [-0.05, 0) is 51.0 Å². The van der Waals surface area contributed by atoms with Crippen LogP contribution < -0.4 is 5.73 Å². The highest BCUT2D eigenvalue weighted by Crippen LogP contribution is 2.33. The van der Waals surface area contributed by atoms with Gasteiger partial charge in [0.25, 0.3) is 0 Å². The molecule has 2 heterocycles. The summed E-state index contributed by atoms with van der Waals surface area (Å²) in [6.07, 6.45) is 3.39. The van der Waals surface area contributed by atoms with Gasteiger partial charge in [0.15, 0.2) is 0 Å². The molecule has 1 aromatic rings. The zero-order chi connectivity index (χ0) is 14.8. The Morgan fingerprint density at radius 1 is 1.29 bits per heavy atom. The molecule has 2 unspecified atom stereocenters. The van der Waals surface area contributed by atoms with E-state index in [1.54, 1.807) is 12.1 Å². The van der Waals surface area contributed by atoms with Crippen molar-refractivity contribution in [2.45, 2.75) is 31.3 Å². The molecule has 0 amide bonds. The Bertz CT molecular complexity index is 470. The fourth-order valence-electron chi connectivity index (χ4n) is 3.54. The summed E-state index contributed by atoms with van der Waals surface area (Å²) < 4.78 is 14.4. The lowest BCUT2D eigenvalue weighted by molar-refractivity contribution is 0.176. The van der Waals surface area contributed by atoms with E-state index in [9.17, 15) is 4.39 Å². The molecule has 116 valence electrons. The topological polar surface area (TPSA) is 32.5 Å². The van der Waals surface area contributed by atoms with Crippen LogP contribution in [0, 0.1) is 5.82 Å². The first kappa shape index (κ1) is 15.2. The smallest absolute Gasteiger partial charge is 0.129 e. The SMILES string of the molecule is NC1CCN(CC(c2c(F)cccc2Cl)N2CCCC2)C1. The van der Waals surface area contributed by atoms with Crippen molar-refractivity contribution in [3.63, 3.8) is 0 Å². The molecular formula is C16H23ClFN3. The molecule has 5 heteroatoms. The molecule has 3 nitrogen and oxygen atoms in total. The lowest BCUT2D eigenvalue weighted by Gasteiger charge is -2.32. The molecule has 0 spiro atoms. The summed E-state index contributed by atoms with van der Waals surface area (Å²) in [4.78, 5) is 4.71. The van der Waals surface area contributed by atoms with E-state index in [0.717, 1.165) is 39.1 Å². The highest BCUT2D eigenvalue weighted by molar-refractivity contribution is 6.31. The van der Waals surface area contributed by atoms with Crippen LogP contribution in [0.4, 0.5) is 4.39 Å². The van der Waals surface area contributed by atoms with E-state index in [0.29, 0.717) is 10.6 Å². The summed E-state index contributed by atoms with van der Waals surface area (Å²) in [7, 11) is 0. The van der Waals surface area contributed by atoms with Crippen LogP contribution in [0.3, 0.4) is 0 Å². The van der Waals surface area contributed by atoms with Gasteiger partial charge in [0, 0.05) is 29.7 Å². The molecule has 2 fully saturated rings. The minimum Gasteiger partial charge on any atom is -0.326 e. The number of rotatable bonds is 4. The van der Waals surface area contributed by atoms with Crippen molar-refractivity contribution in [2.75, 3.05) is 32.7 Å². The van der Waals surface area contributed by atoms with Crippen molar-refractivity contribution in [1.29, 1.82) is 0 Å². The summed E-state index contributed by atoms with van der Waals surface area (Å²) in [5, 5.41) is 0.537. The first-order chi connectivity index (χ1) is 10.1. The standard InChI is InChI=1S/C16H23ClFN3/c17-13-4-3-5-14(18)16(13)15(21-7-1-2-8-21)11-20-9-6-12(19)10-20/h3-5,12,15H,1-2,6-11,19H2. The fourth-order valence-corrected chi connectivity index (χ4v) is 3.83. The van der Waals surface area contributed by atoms with Crippen LogP contribution in [-0.2, 0) is 0 Å². The second-order valence-corrected chi connectivity index (χ2v) is 6.61. The molecule has 21 heavy (non-hydrogen) atoms. The molecule has 2 aliphatic heterocycles. The maximum atomic E-state index is 14.4. The van der Waals surface area contributed by atoms with E-state index < -0.39 is 0 Å². The number of benzene rings is 1. The zero-order valence-corrected chi connectivity index (χ0v) is 13.0. The largest absolute Gasteiger partial charge is 0.326 e. The average Bonchev–Trinajstić information content (AvgIpc) is 3.09. The summed E-state index contributed by atoms with van der Waals surface area (Å²) in [5.74, 6) is -0.192. The van der Waals surface area contributed by atoms with Crippen LogP contribution in [0.1, 0.15) is 30.9 Å². The van der Waals surface area contributed by atoms with Crippen LogP contribution in [0.25, 0.3) is 0 Å². The van der Waals surface area contributed by atoms with E-state index in [2.05, 4.69) is 9.80 Å². The van der Waals surface area contributed by atoms with Crippen molar-refractivity contribution in [3.05, 3.63) is 34.6 Å². The van der Waals surface area contributed by atoms with Gasteiger partial charge in [-0.2, -0.15) is 0 Å². The number of nitrogens with two attached hydrogens (primary N) is 1. The number of hydrogen-bond acceptors (Lipinski definition) is 3. The molecule has 2 saturated heterocycles. The van der Waals surface area contributed by atoms with E-state index in [1.807, 2.05) is 0 Å². The van der Waals surface area contributed by atoms with E-state index in [-0.39, 0.29) is 17.9 Å². The van der Waals surface area contributed by atoms with Gasteiger partial charge in [-0.15, -0.1) is 0 Å². The van der Waals surface area contributed by atoms with E-state index in [1.165, 1.54) is 18.9 Å². The Kier molecular flexibility index (Phi) is 4.79. The van der Waals surface area contributed by atoms with Crippen LogP contribution >= 0.6 is 11.6 Å². The Hall–Kier alpha value is -0.680. The van der Waals surface area contributed by atoms with Crippen molar-refractivity contribution in [1.82, 2.24) is 9.80 Å². The van der Waals surface area contributed by atoms with Crippen LogP contribution in [0.5, 0.6) is 0 Å². The molecule has 2 aliphatic rings. The first-order valence-electron chi connectivity index (χ1n) is 7.81. The Labute approximate surface area is 130 Å². The maximum absolute atomic E-state index is 14.4. The van der Waals surface area contributed by atoms with Crippen LogP contribution in [0.2, 0.25) is 5.02 Å². The molecule has 1 aromatic carbocycles. The summed E-state index contributed by atoms with van der Waals surface area (Å²) in [5.41, 5.74) is 6.65. The number of halogens is 2. The number of nitrogens with zero attached hydrogens (tertiary/aromatic N) is 2. The van der Waals surface area contributed by atoms with Crippen LogP contribution in [-0.4, -0.2) is 48.6 Å². The molecule has 3 rings (SSSR count). The van der Waals surface area contributed by atoms with Gasteiger partial charge >= 0.3 is 0 Å². The second kappa shape index (κ2) is 6.61. The summed E-state index contributed by atoms with van der Waals surface area (Å²) in [6.45, 7) is 4.76. The third kappa shape index (κ3) is 3.39. The van der Waals surface area contributed by atoms with Gasteiger partial charge in [0.05, 0.1) is 6.04 Å². The van der Waals surface area contributed by atoms with Gasteiger partial charge < -0.3 is 5.73 Å². The van der Waals surface area contributed by atoms with Crippen molar-refractivity contribution < 1.29 is 4.39 Å². The maximum Gasteiger partial charge on any atom is 0.129 e. The average molecular weight is 312 g/mol. The quantitative estimate of drug-likeness (QED) is 0.928. The lowest BCUT2D eigenvalue weighted by atomic mass is 10.0. The van der Waals surface area contributed by atoms with Gasteiger partial charge in [0.2, 0.25) is 0 Å². The van der Waals surface area contributed by atoms with Crippen molar-refractivity contribution in [2.24, 2.45) is 5.73 Å². The normalized spacial score (nSPS) is 25.6. The van der Waals surface area contributed by atoms with Gasteiger partial charge in [-0.25, -0.2) is 4.39 Å². The first-order valence-corrected chi connectivity index (χ1v) is 8.19. The van der Waals surface area contributed by atoms with Gasteiger partial charge in [-0.1, -0.05) is 17.7 Å². The number of likely N-dealkylation sites (tertiary alicyclic amines) is 2. The van der Waals surface area contributed by atoms with Crippen LogP contribution in [0.15, 0.2) is 18.2 Å². The van der Waals surface area contributed by atoms with Crippen molar-refractivity contribution in [3.8, 4) is 0 Å². The summed E-state index contributed by atoms with van der Waals surface area (Å²) >= 11 is 6.31. The van der Waals surface area contributed by atoms with Gasteiger partial charge in [-0.3, -0.25) is 9.80 Å². The second-order valence-electron chi connectivity index (χ2n) is 6.20. The van der Waals surface area contributed by atoms with Crippen molar-refractivity contribution >= 4 is 11.6 Å². The summed E-state index contributed by atoms with van der Waals surface area (Å²) in [6, 6.07) is 5.26. The Morgan fingerprint density at radius 3 is 2.67 bits per heavy atom. The third-order valence-corrected chi connectivity index (χ3v) is 4.98. The monoisotopic (exact) mass is 311 g/mol. The van der Waals surface area contributed by atoms with E-state index in [4.69, 9.17) is 17.3 Å². The van der Waals surface area contributed by atoms with E-state index >= 15 is 0 Å². The molecule has 2 N–H and O–H groups in total. The molecule has 0 saturated carbocycles. The predicted octanol–water partition coefficient (Wildman–Crippen LogP) is 2.65. The highest BCUT2D eigenvalue weighted by Gasteiger charge is 2.31. The molecule has 0 aromatic heterocycles. The predicted molar refractivity (Wildman–Crippen MR) is 84.0 cm³/mol. The zero-order valence-electron chi connectivity index (χ0n) is 12.3. The molecule has 2 atom stereocenters. The highest BCUT2D eigenvalue weighted by atomic mass is 35.5. The molecular weight excluding hydrogens is 289 g/mol. The Balaban J connectivity index is 1.85. The number of hydrogen-bond donors (Lipinski definition) is 1. The minimum atomic E-state index is -0.192. The Morgan fingerprint density at radius 2 is 2.05 bits per heavy atom. The third-order valence-electron chi connectivity index (χ3n) is 4.65.